The summed E-state index contributed by atoms with van der Waals surface area (Å²) in [7, 11) is 0. The Bertz CT molecular complexity index is 396. The van der Waals surface area contributed by atoms with E-state index in [4.69, 9.17) is 10.5 Å². The van der Waals surface area contributed by atoms with Gasteiger partial charge in [0, 0.05) is 11.6 Å². The Balaban J connectivity index is 2.24. The molecule has 0 bridgehead atoms. The smallest absolute Gasteiger partial charge is 0.124 e. The quantitative estimate of drug-likeness (QED) is 0.821. The number of benzene rings is 1. The van der Waals surface area contributed by atoms with Gasteiger partial charge in [-0.1, -0.05) is 44.9 Å². The van der Waals surface area contributed by atoms with Gasteiger partial charge in [0.25, 0.3) is 0 Å². The molecule has 0 amide bonds. The summed E-state index contributed by atoms with van der Waals surface area (Å²) in [5.41, 5.74) is 8.12. The van der Waals surface area contributed by atoms with E-state index in [0.717, 1.165) is 25.2 Å². The summed E-state index contributed by atoms with van der Waals surface area (Å²) in [6.45, 7) is 5.18. The predicted octanol–water partition coefficient (Wildman–Crippen LogP) is 4.45. The van der Waals surface area contributed by atoms with Crippen molar-refractivity contribution in [2.75, 3.05) is 6.61 Å². The molecule has 1 fully saturated rings. The van der Waals surface area contributed by atoms with Crippen LogP contribution in [0.4, 0.5) is 0 Å². The SMILES string of the molecule is CCCOc1ccccc1C(N)C1(CC)CCCC1. The maximum Gasteiger partial charge on any atom is 0.124 e. The van der Waals surface area contributed by atoms with Gasteiger partial charge in [-0.25, -0.2) is 0 Å². The number of rotatable bonds is 6. The molecule has 2 heteroatoms. The third kappa shape index (κ3) is 2.94. The second kappa shape index (κ2) is 6.42. The van der Waals surface area contributed by atoms with Gasteiger partial charge in [-0.3, -0.25) is 0 Å². The highest BCUT2D eigenvalue weighted by molar-refractivity contribution is 5.37. The van der Waals surface area contributed by atoms with Crippen molar-refractivity contribution in [3.63, 3.8) is 0 Å². The van der Waals surface area contributed by atoms with Crippen molar-refractivity contribution in [1.82, 2.24) is 0 Å². The molecule has 2 nitrogen and oxygen atoms in total. The van der Waals surface area contributed by atoms with Crippen molar-refractivity contribution >= 4 is 0 Å². The molecular formula is C17H27NO. The van der Waals surface area contributed by atoms with E-state index < -0.39 is 0 Å². The van der Waals surface area contributed by atoms with E-state index >= 15 is 0 Å². The minimum Gasteiger partial charge on any atom is -0.493 e. The van der Waals surface area contributed by atoms with E-state index in [9.17, 15) is 0 Å². The van der Waals surface area contributed by atoms with Crippen LogP contribution in [0.5, 0.6) is 5.75 Å². The van der Waals surface area contributed by atoms with Gasteiger partial charge in [0.15, 0.2) is 0 Å². The van der Waals surface area contributed by atoms with Gasteiger partial charge in [-0.2, -0.15) is 0 Å². The van der Waals surface area contributed by atoms with Crippen LogP contribution in [-0.2, 0) is 0 Å². The van der Waals surface area contributed by atoms with Crippen molar-refractivity contribution in [2.45, 2.75) is 58.4 Å². The van der Waals surface area contributed by atoms with Crippen LogP contribution in [0.2, 0.25) is 0 Å². The average Bonchev–Trinajstić information content (AvgIpc) is 2.95. The number of ether oxygens (including phenoxy) is 1. The van der Waals surface area contributed by atoms with Crippen LogP contribution < -0.4 is 10.5 Å². The fourth-order valence-corrected chi connectivity index (χ4v) is 3.37. The van der Waals surface area contributed by atoms with Crippen LogP contribution in [-0.4, -0.2) is 6.61 Å². The molecule has 1 aliphatic carbocycles. The molecule has 1 saturated carbocycles. The van der Waals surface area contributed by atoms with Crippen LogP contribution >= 0.6 is 0 Å². The highest BCUT2D eigenvalue weighted by atomic mass is 16.5. The Morgan fingerprint density at radius 3 is 2.53 bits per heavy atom. The zero-order chi connectivity index (χ0) is 13.7. The summed E-state index contributed by atoms with van der Waals surface area (Å²) < 4.78 is 5.88. The molecule has 106 valence electrons. The van der Waals surface area contributed by atoms with E-state index in [-0.39, 0.29) is 11.5 Å². The summed E-state index contributed by atoms with van der Waals surface area (Å²) >= 11 is 0. The minimum absolute atomic E-state index is 0.105. The Kier molecular flexibility index (Phi) is 4.87. The Labute approximate surface area is 117 Å². The standard InChI is InChI=1S/C17H27NO/c1-3-13-19-15-10-6-5-9-14(15)16(18)17(4-2)11-7-8-12-17/h5-6,9-10,16H,3-4,7-8,11-13,18H2,1-2H3. The number of hydrogen-bond acceptors (Lipinski definition) is 2. The van der Waals surface area contributed by atoms with E-state index in [1.807, 2.05) is 6.07 Å². The molecule has 19 heavy (non-hydrogen) atoms. The van der Waals surface area contributed by atoms with Crippen molar-refractivity contribution in [3.05, 3.63) is 29.8 Å². The Morgan fingerprint density at radius 2 is 1.89 bits per heavy atom. The monoisotopic (exact) mass is 261 g/mol. The third-order valence-corrected chi connectivity index (χ3v) is 4.68. The zero-order valence-corrected chi connectivity index (χ0v) is 12.3. The second-order valence-electron chi connectivity index (χ2n) is 5.79. The molecule has 1 atom stereocenters. The molecule has 0 radical (unpaired) electrons. The van der Waals surface area contributed by atoms with Crippen molar-refractivity contribution in [2.24, 2.45) is 11.1 Å². The summed E-state index contributed by atoms with van der Waals surface area (Å²) in [6, 6.07) is 8.42. The molecule has 2 N–H and O–H groups in total. The van der Waals surface area contributed by atoms with Gasteiger partial charge in [0.1, 0.15) is 5.75 Å². The first-order chi connectivity index (χ1) is 9.23. The molecular weight excluding hydrogens is 234 g/mol. The van der Waals surface area contributed by atoms with Gasteiger partial charge < -0.3 is 10.5 Å². The maximum atomic E-state index is 6.64. The lowest BCUT2D eigenvalue weighted by Gasteiger charge is -2.35. The Hall–Kier alpha value is -1.02. The fourth-order valence-electron chi connectivity index (χ4n) is 3.37. The molecule has 2 rings (SSSR count). The van der Waals surface area contributed by atoms with Crippen LogP contribution in [0.1, 0.15) is 64.0 Å². The number of hydrogen-bond donors (Lipinski definition) is 1. The molecule has 1 aromatic rings. The van der Waals surface area contributed by atoms with Gasteiger partial charge in [-0.15, -0.1) is 0 Å². The van der Waals surface area contributed by atoms with E-state index in [2.05, 4.69) is 32.0 Å². The fraction of sp³-hybridized carbons (Fsp3) is 0.647. The average molecular weight is 261 g/mol. The number of nitrogens with two attached hydrogens (primary N) is 1. The van der Waals surface area contributed by atoms with Crippen LogP contribution in [0.15, 0.2) is 24.3 Å². The topological polar surface area (TPSA) is 35.2 Å². The minimum atomic E-state index is 0.105. The molecule has 1 aromatic carbocycles. The summed E-state index contributed by atoms with van der Waals surface area (Å²) in [4.78, 5) is 0. The summed E-state index contributed by atoms with van der Waals surface area (Å²) in [6.07, 6.45) is 7.34. The first-order valence-electron chi connectivity index (χ1n) is 7.71. The van der Waals surface area contributed by atoms with E-state index in [1.54, 1.807) is 0 Å². The lowest BCUT2D eigenvalue weighted by Crippen LogP contribution is -2.32. The zero-order valence-electron chi connectivity index (χ0n) is 12.3. The molecule has 1 aliphatic rings. The van der Waals surface area contributed by atoms with Crippen molar-refractivity contribution < 1.29 is 4.74 Å². The molecule has 0 aliphatic heterocycles. The highest BCUT2D eigenvalue weighted by Crippen LogP contribution is 2.50. The lowest BCUT2D eigenvalue weighted by atomic mass is 9.74. The van der Waals surface area contributed by atoms with E-state index in [1.165, 1.54) is 31.2 Å². The van der Waals surface area contributed by atoms with Gasteiger partial charge >= 0.3 is 0 Å². The number of para-hydroxylation sites is 1. The first-order valence-corrected chi connectivity index (χ1v) is 7.71. The predicted molar refractivity (Wildman–Crippen MR) is 80.3 cm³/mol. The van der Waals surface area contributed by atoms with Crippen LogP contribution in [0, 0.1) is 5.41 Å². The molecule has 0 heterocycles. The normalized spacial score (nSPS) is 19.3. The largest absolute Gasteiger partial charge is 0.493 e. The van der Waals surface area contributed by atoms with Gasteiger partial charge in [0.2, 0.25) is 0 Å². The van der Waals surface area contributed by atoms with Gasteiger partial charge in [-0.05, 0) is 37.2 Å². The molecule has 0 spiro atoms. The molecule has 0 aromatic heterocycles. The summed E-state index contributed by atoms with van der Waals surface area (Å²) in [5.74, 6) is 0.983. The summed E-state index contributed by atoms with van der Waals surface area (Å²) in [5, 5.41) is 0. The first kappa shape index (κ1) is 14.4. The van der Waals surface area contributed by atoms with Crippen LogP contribution in [0.3, 0.4) is 0 Å². The van der Waals surface area contributed by atoms with Crippen LogP contribution in [0.25, 0.3) is 0 Å². The highest BCUT2D eigenvalue weighted by Gasteiger charge is 2.39. The molecule has 1 unspecified atom stereocenters. The lowest BCUT2D eigenvalue weighted by molar-refractivity contribution is 0.215. The Morgan fingerprint density at radius 1 is 1.21 bits per heavy atom. The van der Waals surface area contributed by atoms with Gasteiger partial charge in [0.05, 0.1) is 6.61 Å². The third-order valence-electron chi connectivity index (χ3n) is 4.68. The van der Waals surface area contributed by atoms with Crippen molar-refractivity contribution in [3.8, 4) is 5.75 Å². The second-order valence-corrected chi connectivity index (χ2v) is 5.79. The maximum absolute atomic E-state index is 6.64. The molecule has 0 saturated heterocycles. The van der Waals surface area contributed by atoms with Crippen molar-refractivity contribution in [1.29, 1.82) is 0 Å². The van der Waals surface area contributed by atoms with E-state index in [0.29, 0.717) is 0 Å².